The average molecular weight is 510 g/mol. The number of aliphatic hydroxyl groups excluding tert-OH is 1. The van der Waals surface area contributed by atoms with Crippen LogP contribution in [-0.4, -0.2) is 48.3 Å². The Hall–Kier alpha value is -1.64. The minimum atomic E-state index is -1.66. The molecule has 8 heteroatoms. The van der Waals surface area contributed by atoms with Gasteiger partial charge in [0.25, 0.3) is 0 Å². The monoisotopic (exact) mass is 509 g/mol. The normalized spacial score (nSPS) is 30.5. The second kappa shape index (κ2) is 12.4. The molecular formula is C26H39NO5S2. The Morgan fingerprint density at radius 3 is 2.59 bits per heavy atom. The number of cyclic esters (lactones) is 1. The highest BCUT2D eigenvalue weighted by atomic mass is 32.2. The highest BCUT2D eigenvalue weighted by molar-refractivity contribution is 7.87. The standard InChI is InChI=1S/C26H39NO5S2/c1-16-9-8-10-17(2)25(30)19(4)34(31)26(6,7)23(28)14-24(29)32-22(12-11-16)18(3)13-21-15-33-20(5)27-21/h11,13,15,17,19,22-23,28H,8-10,12,14H2,1-7H3/t17-,19+,22-,23-,34?/m0/s1. The maximum atomic E-state index is 13.2. The third-order valence-electron chi connectivity index (χ3n) is 6.57. The number of ether oxygens (including phenoxy) is 1. The fourth-order valence-corrected chi connectivity index (χ4v) is 6.32. The van der Waals surface area contributed by atoms with E-state index in [1.54, 1.807) is 32.1 Å². The molecule has 0 amide bonds. The van der Waals surface area contributed by atoms with Crippen molar-refractivity contribution >= 4 is 40.0 Å². The Labute approximate surface area is 210 Å². The average Bonchev–Trinajstić information content (AvgIpc) is 3.18. The summed E-state index contributed by atoms with van der Waals surface area (Å²) in [4.78, 5) is 30.2. The maximum absolute atomic E-state index is 13.2. The largest absolute Gasteiger partial charge is 0.457 e. The number of esters is 1. The molecule has 190 valence electrons. The van der Waals surface area contributed by atoms with E-state index in [-0.39, 0.29) is 18.1 Å². The van der Waals surface area contributed by atoms with Gasteiger partial charge >= 0.3 is 5.97 Å². The van der Waals surface area contributed by atoms with E-state index in [1.165, 1.54) is 5.57 Å². The zero-order valence-electron chi connectivity index (χ0n) is 21.4. The number of hydrogen-bond acceptors (Lipinski definition) is 7. The summed E-state index contributed by atoms with van der Waals surface area (Å²) < 4.78 is 17.9. The molecule has 0 saturated heterocycles. The van der Waals surface area contributed by atoms with Crippen molar-refractivity contribution in [3.8, 4) is 0 Å². The highest BCUT2D eigenvalue weighted by Crippen LogP contribution is 2.28. The number of thiazole rings is 1. The third-order valence-corrected chi connectivity index (χ3v) is 9.55. The number of aromatic nitrogens is 1. The van der Waals surface area contributed by atoms with Crippen LogP contribution in [0.1, 0.15) is 84.3 Å². The van der Waals surface area contributed by atoms with Crippen LogP contribution in [0.4, 0.5) is 0 Å². The fourth-order valence-electron chi connectivity index (χ4n) is 4.05. The Morgan fingerprint density at radius 1 is 1.29 bits per heavy atom. The molecular weight excluding hydrogens is 470 g/mol. The van der Waals surface area contributed by atoms with Gasteiger partial charge in [-0.2, -0.15) is 0 Å². The van der Waals surface area contributed by atoms with E-state index in [4.69, 9.17) is 4.74 Å². The molecule has 1 aliphatic heterocycles. The van der Waals surface area contributed by atoms with Crippen LogP contribution in [0.25, 0.3) is 6.08 Å². The molecule has 1 unspecified atom stereocenters. The summed E-state index contributed by atoms with van der Waals surface area (Å²) in [5.74, 6) is -0.833. The van der Waals surface area contributed by atoms with Crippen molar-refractivity contribution in [3.05, 3.63) is 33.3 Å². The van der Waals surface area contributed by atoms with Gasteiger partial charge in [-0.3, -0.25) is 13.8 Å². The molecule has 1 aromatic rings. The summed E-state index contributed by atoms with van der Waals surface area (Å²) in [6, 6.07) is 0. The van der Waals surface area contributed by atoms with Gasteiger partial charge < -0.3 is 9.84 Å². The lowest BCUT2D eigenvalue weighted by Crippen LogP contribution is -2.47. The molecule has 2 rings (SSSR count). The second-order valence-electron chi connectivity index (χ2n) is 9.90. The van der Waals surface area contributed by atoms with Gasteiger partial charge in [0, 0.05) is 28.5 Å². The van der Waals surface area contributed by atoms with Gasteiger partial charge in [0.15, 0.2) is 5.78 Å². The first-order valence-corrected chi connectivity index (χ1v) is 14.0. The molecule has 2 heterocycles. The molecule has 1 aliphatic rings. The second-order valence-corrected chi connectivity index (χ2v) is 13.3. The van der Waals surface area contributed by atoms with Gasteiger partial charge in [-0.1, -0.05) is 18.6 Å². The number of aryl methyl sites for hydroxylation is 1. The predicted molar refractivity (Wildman–Crippen MR) is 139 cm³/mol. The van der Waals surface area contributed by atoms with Gasteiger partial charge in [0.05, 0.1) is 33.2 Å². The number of aliphatic hydroxyl groups is 1. The zero-order chi connectivity index (χ0) is 25.6. The van der Waals surface area contributed by atoms with Crippen molar-refractivity contribution in [2.45, 2.75) is 103 Å². The topological polar surface area (TPSA) is 93.6 Å². The predicted octanol–water partition coefficient (Wildman–Crippen LogP) is 5.16. The maximum Gasteiger partial charge on any atom is 0.309 e. The molecule has 0 aromatic carbocycles. The lowest BCUT2D eigenvalue weighted by Gasteiger charge is -2.32. The van der Waals surface area contributed by atoms with Gasteiger partial charge in [-0.25, -0.2) is 4.98 Å². The molecule has 0 radical (unpaired) electrons. The van der Waals surface area contributed by atoms with E-state index in [0.717, 1.165) is 35.5 Å². The smallest absolute Gasteiger partial charge is 0.309 e. The van der Waals surface area contributed by atoms with Crippen molar-refractivity contribution < 1.29 is 23.6 Å². The van der Waals surface area contributed by atoms with Crippen LogP contribution < -0.4 is 0 Å². The number of nitrogens with zero attached hydrogens (tertiary/aromatic N) is 1. The minimum absolute atomic E-state index is 0.0620. The van der Waals surface area contributed by atoms with E-state index in [9.17, 15) is 18.9 Å². The molecule has 0 aliphatic carbocycles. The Kier molecular flexibility index (Phi) is 10.4. The summed E-state index contributed by atoms with van der Waals surface area (Å²) in [6.45, 7) is 12.7. The molecule has 34 heavy (non-hydrogen) atoms. The van der Waals surface area contributed by atoms with Crippen molar-refractivity contribution in [2.75, 3.05) is 0 Å². The number of hydrogen-bond donors (Lipinski definition) is 1. The summed E-state index contributed by atoms with van der Waals surface area (Å²) in [6.07, 6.45) is 4.93. The molecule has 0 fully saturated rings. The number of allylic oxidation sites excluding steroid dienone is 1. The molecule has 5 atom stereocenters. The molecule has 0 bridgehead atoms. The molecule has 0 saturated carbocycles. The van der Waals surface area contributed by atoms with Gasteiger partial charge in [0.1, 0.15) is 6.10 Å². The lowest BCUT2D eigenvalue weighted by molar-refractivity contribution is -0.149. The zero-order valence-corrected chi connectivity index (χ0v) is 23.1. The molecule has 1 aromatic heterocycles. The van der Waals surface area contributed by atoms with Crippen LogP contribution in [-0.2, 0) is 25.1 Å². The van der Waals surface area contributed by atoms with Gasteiger partial charge in [-0.05, 0) is 72.5 Å². The molecule has 6 nitrogen and oxygen atoms in total. The first-order chi connectivity index (χ1) is 15.8. The Balaban J connectivity index is 2.34. The van der Waals surface area contributed by atoms with Gasteiger partial charge in [0.2, 0.25) is 0 Å². The van der Waals surface area contributed by atoms with Gasteiger partial charge in [-0.15, -0.1) is 11.3 Å². The first-order valence-electron chi connectivity index (χ1n) is 11.9. The Morgan fingerprint density at radius 2 is 1.97 bits per heavy atom. The number of carbonyl (C=O) groups excluding carboxylic acids is 2. The lowest BCUT2D eigenvalue weighted by atomic mass is 9.95. The highest BCUT2D eigenvalue weighted by Gasteiger charge is 2.41. The minimum Gasteiger partial charge on any atom is -0.457 e. The number of carbonyl (C=O) groups is 2. The molecule has 0 spiro atoms. The van der Waals surface area contributed by atoms with E-state index in [0.29, 0.717) is 6.42 Å². The molecule has 1 N–H and O–H groups in total. The van der Waals surface area contributed by atoms with Crippen LogP contribution in [0, 0.1) is 12.8 Å². The number of ketones is 1. The number of rotatable bonds is 2. The van der Waals surface area contributed by atoms with Crippen LogP contribution in [0.5, 0.6) is 0 Å². The van der Waals surface area contributed by atoms with Crippen LogP contribution in [0.2, 0.25) is 0 Å². The van der Waals surface area contributed by atoms with Crippen LogP contribution in [0.3, 0.4) is 0 Å². The first kappa shape index (κ1) is 28.6. The summed E-state index contributed by atoms with van der Waals surface area (Å²) >= 11 is 1.56. The Bertz CT molecular complexity index is 962. The SMILES string of the molecule is CC1=CC[C@@H](C(C)=Cc2csc(C)n2)OC(=O)C[C@H](O)C(C)(C)S(=O)[C@H](C)C(=O)[C@@H](C)CCC1. The summed E-state index contributed by atoms with van der Waals surface area (Å²) in [5.41, 5.74) is 2.87. The van der Waals surface area contributed by atoms with Crippen molar-refractivity contribution in [1.82, 2.24) is 4.98 Å². The van der Waals surface area contributed by atoms with E-state index >= 15 is 0 Å². The quantitative estimate of drug-likeness (QED) is 0.437. The van der Waals surface area contributed by atoms with E-state index in [1.807, 2.05) is 39.2 Å². The number of Topliss-reactive ketones (excluding diaryl/α,β-unsaturated/α-hetero) is 1. The van der Waals surface area contributed by atoms with Crippen molar-refractivity contribution in [3.63, 3.8) is 0 Å². The van der Waals surface area contributed by atoms with Crippen molar-refractivity contribution in [1.29, 1.82) is 0 Å². The van der Waals surface area contributed by atoms with E-state index < -0.39 is 39.0 Å². The van der Waals surface area contributed by atoms with E-state index in [2.05, 4.69) is 11.1 Å². The van der Waals surface area contributed by atoms with Crippen LogP contribution in [0.15, 0.2) is 22.6 Å². The van der Waals surface area contributed by atoms with Crippen LogP contribution >= 0.6 is 11.3 Å². The third kappa shape index (κ3) is 7.68. The summed E-state index contributed by atoms with van der Waals surface area (Å²) in [5, 5.41) is 13.0. The fraction of sp³-hybridized carbons (Fsp3) is 0.654. The van der Waals surface area contributed by atoms with Crippen molar-refractivity contribution in [2.24, 2.45) is 5.92 Å². The summed E-state index contributed by atoms with van der Waals surface area (Å²) in [7, 11) is -1.66.